The second kappa shape index (κ2) is 6.78. The zero-order valence-corrected chi connectivity index (χ0v) is 14.0. The van der Waals surface area contributed by atoms with Gasteiger partial charge in [-0.05, 0) is 29.7 Å². The molecule has 1 fully saturated rings. The van der Waals surface area contributed by atoms with Gasteiger partial charge >= 0.3 is 6.03 Å². The number of nitriles is 1. The minimum atomic E-state index is -1.00. The molecule has 5 heteroatoms. The van der Waals surface area contributed by atoms with Gasteiger partial charge in [-0.1, -0.05) is 55.8 Å². The summed E-state index contributed by atoms with van der Waals surface area (Å²) in [4.78, 5) is 26.9. The zero-order chi connectivity index (χ0) is 17.9. The molecule has 3 amide bonds. The summed E-state index contributed by atoms with van der Waals surface area (Å²) in [5.74, 6) is -0.227. The Labute approximate surface area is 146 Å². The van der Waals surface area contributed by atoms with Crippen molar-refractivity contribution in [1.29, 1.82) is 5.26 Å². The third-order valence-corrected chi connectivity index (χ3v) is 4.49. The van der Waals surface area contributed by atoms with Crippen molar-refractivity contribution in [1.82, 2.24) is 10.2 Å². The molecule has 0 saturated carbocycles. The van der Waals surface area contributed by atoms with Crippen LogP contribution in [0.3, 0.4) is 0 Å². The quantitative estimate of drug-likeness (QED) is 0.853. The highest BCUT2D eigenvalue weighted by atomic mass is 16.2. The van der Waals surface area contributed by atoms with E-state index >= 15 is 0 Å². The number of imide groups is 1. The molecule has 0 unspecified atom stereocenters. The molecule has 25 heavy (non-hydrogen) atoms. The maximum Gasteiger partial charge on any atom is 0.325 e. The van der Waals surface area contributed by atoms with E-state index in [1.807, 2.05) is 37.3 Å². The van der Waals surface area contributed by atoms with Gasteiger partial charge in [-0.15, -0.1) is 0 Å². The van der Waals surface area contributed by atoms with Crippen molar-refractivity contribution in [3.8, 4) is 6.07 Å². The van der Waals surface area contributed by atoms with Crippen LogP contribution in [0.5, 0.6) is 0 Å². The van der Waals surface area contributed by atoms with Gasteiger partial charge in [0, 0.05) is 0 Å². The van der Waals surface area contributed by atoms with E-state index in [1.165, 1.54) is 4.90 Å². The van der Waals surface area contributed by atoms with Crippen LogP contribution >= 0.6 is 0 Å². The molecule has 2 aromatic carbocycles. The lowest BCUT2D eigenvalue weighted by Gasteiger charge is -2.27. The molecular weight excluding hydrogens is 314 g/mol. The SMILES string of the molecule is CCC[C@]1(c2ccccc2)NC(=O)N(Cc2ccc(C#N)cc2)C1=O. The van der Waals surface area contributed by atoms with E-state index in [9.17, 15) is 9.59 Å². The highest BCUT2D eigenvalue weighted by molar-refractivity contribution is 6.07. The maximum atomic E-state index is 13.1. The highest BCUT2D eigenvalue weighted by Crippen LogP contribution is 2.34. The fourth-order valence-corrected chi connectivity index (χ4v) is 3.24. The maximum absolute atomic E-state index is 13.1. The Morgan fingerprint density at radius 2 is 1.76 bits per heavy atom. The number of amides is 3. The van der Waals surface area contributed by atoms with Gasteiger partial charge < -0.3 is 5.32 Å². The first-order chi connectivity index (χ1) is 12.1. The van der Waals surface area contributed by atoms with Gasteiger partial charge in [0.2, 0.25) is 0 Å². The summed E-state index contributed by atoms with van der Waals surface area (Å²) in [6.07, 6.45) is 1.32. The molecule has 0 aliphatic carbocycles. The van der Waals surface area contributed by atoms with Gasteiger partial charge in [0.15, 0.2) is 0 Å². The summed E-state index contributed by atoms with van der Waals surface area (Å²) in [6.45, 7) is 2.18. The molecule has 0 radical (unpaired) electrons. The van der Waals surface area contributed by atoms with Crippen LogP contribution < -0.4 is 5.32 Å². The molecule has 3 rings (SSSR count). The summed E-state index contributed by atoms with van der Waals surface area (Å²) in [6, 6.07) is 18.0. The van der Waals surface area contributed by atoms with E-state index < -0.39 is 5.54 Å². The molecule has 1 aliphatic rings. The minimum Gasteiger partial charge on any atom is -0.319 e. The van der Waals surface area contributed by atoms with Crippen LogP contribution in [0.1, 0.15) is 36.5 Å². The lowest BCUT2D eigenvalue weighted by Crippen LogP contribution is -2.43. The predicted octanol–water partition coefficient (Wildman–Crippen LogP) is 3.31. The largest absolute Gasteiger partial charge is 0.325 e. The molecule has 1 saturated heterocycles. The number of carbonyl (C=O) groups excluding carboxylic acids is 2. The number of benzene rings is 2. The van der Waals surface area contributed by atoms with Crippen LogP contribution in [-0.4, -0.2) is 16.8 Å². The van der Waals surface area contributed by atoms with Crippen LogP contribution in [0.4, 0.5) is 4.79 Å². The van der Waals surface area contributed by atoms with E-state index in [4.69, 9.17) is 5.26 Å². The average molecular weight is 333 g/mol. The molecule has 0 aromatic heterocycles. The molecule has 2 aromatic rings. The molecule has 0 spiro atoms. The first-order valence-corrected chi connectivity index (χ1v) is 8.29. The van der Waals surface area contributed by atoms with Gasteiger partial charge in [-0.3, -0.25) is 9.69 Å². The van der Waals surface area contributed by atoms with Crippen molar-refractivity contribution in [3.63, 3.8) is 0 Å². The number of hydrogen-bond donors (Lipinski definition) is 1. The van der Waals surface area contributed by atoms with Crippen molar-refractivity contribution >= 4 is 11.9 Å². The molecule has 1 aliphatic heterocycles. The fourth-order valence-electron chi connectivity index (χ4n) is 3.24. The molecule has 5 nitrogen and oxygen atoms in total. The number of nitrogens with one attached hydrogen (secondary N) is 1. The number of carbonyl (C=O) groups is 2. The van der Waals surface area contributed by atoms with Gasteiger partial charge in [-0.2, -0.15) is 5.26 Å². The van der Waals surface area contributed by atoms with Crippen molar-refractivity contribution in [2.45, 2.75) is 31.8 Å². The van der Waals surface area contributed by atoms with Gasteiger partial charge in [0.25, 0.3) is 5.91 Å². The molecule has 1 atom stereocenters. The predicted molar refractivity (Wildman–Crippen MR) is 93.3 cm³/mol. The van der Waals surface area contributed by atoms with Crippen LogP contribution in [0.25, 0.3) is 0 Å². The van der Waals surface area contributed by atoms with Crippen molar-refractivity contribution in [2.24, 2.45) is 0 Å². The Balaban J connectivity index is 1.91. The molecule has 126 valence electrons. The average Bonchev–Trinajstić information content (AvgIpc) is 2.88. The number of hydrogen-bond acceptors (Lipinski definition) is 3. The van der Waals surface area contributed by atoms with E-state index in [-0.39, 0.29) is 18.5 Å². The van der Waals surface area contributed by atoms with E-state index in [2.05, 4.69) is 11.4 Å². The second-order valence-electron chi connectivity index (χ2n) is 6.15. The Morgan fingerprint density at radius 1 is 1.08 bits per heavy atom. The lowest BCUT2D eigenvalue weighted by atomic mass is 9.85. The van der Waals surface area contributed by atoms with Gasteiger partial charge in [0.1, 0.15) is 5.54 Å². The van der Waals surface area contributed by atoms with Crippen LogP contribution in [-0.2, 0) is 16.9 Å². The van der Waals surface area contributed by atoms with E-state index in [0.717, 1.165) is 17.5 Å². The summed E-state index contributed by atoms with van der Waals surface area (Å²) < 4.78 is 0. The highest BCUT2D eigenvalue weighted by Gasteiger charge is 2.51. The van der Waals surface area contributed by atoms with E-state index in [1.54, 1.807) is 24.3 Å². The van der Waals surface area contributed by atoms with Crippen LogP contribution in [0.2, 0.25) is 0 Å². The zero-order valence-electron chi connectivity index (χ0n) is 14.0. The van der Waals surface area contributed by atoms with Gasteiger partial charge in [-0.25, -0.2) is 4.79 Å². The minimum absolute atomic E-state index is 0.189. The Hall–Kier alpha value is -3.13. The number of rotatable bonds is 5. The summed E-state index contributed by atoms with van der Waals surface area (Å²) in [5.41, 5.74) is 1.16. The van der Waals surface area contributed by atoms with Crippen molar-refractivity contribution in [3.05, 3.63) is 71.3 Å². The monoisotopic (exact) mass is 333 g/mol. The van der Waals surface area contributed by atoms with Crippen molar-refractivity contribution < 1.29 is 9.59 Å². The fraction of sp³-hybridized carbons (Fsp3) is 0.250. The van der Waals surface area contributed by atoms with Crippen molar-refractivity contribution in [2.75, 3.05) is 0 Å². The summed E-state index contributed by atoms with van der Waals surface area (Å²) in [5, 5.41) is 11.8. The first-order valence-electron chi connectivity index (χ1n) is 8.29. The molecule has 1 heterocycles. The third kappa shape index (κ3) is 2.99. The Morgan fingerprint density at radius 3 is 2.36 bits per heavy atom. The van der Waals surface area contributed by atoms with Gasteiger partial charge in [0.05, 0.1) is 18.2 Å². The molecule has 0 bridgehead atoms. The number of urea groups is 1. The lowest BCUT2D eigenvalue weighted by molar-refractivity contribution is -0.132. The van der Waals surface area contributed by atoms with Crippen LogP contribution in [0, 0.1) is 11.3 Å². The Bertz CT molecular complexity index is 824. The normalized spacial score (nSPS) is 19.6. The standard InChI is InChI=1S/C20H19N3O2/c1-2-12-20(17-6-4-3-5-7-17)18(24)23(19(25)22-20)14-16-10-8-15(13-21)9-11-16/h3-11H,2,12,14H2,1H3,(H,22,25)/t20-/m1/s1. The summed E-state index contributed by atoms with van der Waals surface area (Å²) in [7, 11) is 0. The molecular formula is C20H19N3O2. The first kappa shape index (κ1) is 16.7. The third-order valence-electron chi connectivity index (χ3n) is 4.49. The molecule has 1 N–H and O–H groups in total. The summed E-state index contributed by atoms with van der Waals surface area (Å²) >= 11 is 0. The van der Waals surface area contributed by atoms with Crippen LogP contribution in [0.15, 0.2) is 54.6 Å². The number of nitrogens with zero attached hydrogens (tertiary/aromatic N) is 2. The second-order valence-corrected chi connectivity index (χ2v) is 6.15. The topological polar surface area (TPSA) is 73.2 Å². The Kier molecular flexibility index (Phi) is 4.53. The van der Waals surface area contributed by atoms with E-state index in [0.29, 0.717) is 12.0 Å². The smallest absolute Gasteiger partial charge is 0.319 e.